The van der Waals surface area contributed by atoms with Gasteiger partial charge in [-0.2, -0.15) is 0 Å². The van der Waals surface area contributed by atoms with E-state index in [1.54, 1.807) is 7.11 Å². The van der Waals surface area contributed by atoms with Crippen LogP contribution in [0.1, 0.15) is 27.7 Å². The van der Waals surface area contributed by atoms with Gasteiger partial charge in [0.25, 0.3) is 0 Å². The molecule has 2 rings (SSSR count). The van der Waals surface area contributed by atoms with Crippen molar-refractivity contribution in [3.05, 3.63) is 24.3 Å². The van der Waals surface area contributed by atoms with Crippen LogP contribution in [0.25, 0.3) is 0 Å². The van der Waals surface area contributed by atoms with E-state index < -0.39 is 5.41 Å². The molecule has 156 valence electrons. The van der Waals surface area contributed by atoms with Crippen molar-refractivity contribution in [2.75, 3.05) is 57.8 Å². The average Bonchev–Trinajstić information content (AvgIpc) is 2.71. The fourth-order valence-corrected chi connectivity index (χ4v) is 3.14. The molecule has 0 atom stereocenters. The molecule has 1 aliphatic heterocycles. The van der Waals surface area contributed by atoms with Gasteiger partial charge in [-0.1, -0.05) is 0 Å². The number of ether oxygens (including phenoxy) is 1. The van der Waals surface area contributed by atoms with E-state index in [2.05, 4.69) is 39.5 Å². The average molecular weight is 390 g/mol. The van der Waals surface area contributed by atoms with E-state index >= 15 is 0 Å². The zero-order valence-corrected chi connectivity index (χ0v) is 17.9. The van der Waals surface area contributed by atoms with Crippen LogP contribution < -0.4 is 20.3 Å². The van der Waals surface area contributed by atoms with Crippen LogP contribution in [-0.2, 0) is 4.79 Å². The molecule has 0 bridgehead atoms. The third-order valence-corrected chi connectivity index (χ3v) is 4.93. The van der Waals surface area contributed by atoms with Crippen LogP contribution in [-0.4, -0.2) is 69.7 Å². The van der Waals surface area contributed by atoms with E-state index in [1.807, 2.05) is 32.9 Å². The molecule has 0 spiro atoms. The maximum absolute atomic E-state index is 12.2. The van der Waals surface area contributed by atoms with Crippen LogP contribution in [0.4, 0.5) is 5.69 Å². The molecule has 1 amide bonds. The Balaban J connectivity index is 1.98. The lowest BCUT2D eigenvalue weighted by Crippen LogP contribution is -2.53. The topological polar surface area (TPSA) is 69.2 Å². The van der Waals surface area contributed by atoms with E-state index in [9.17, 15) is 4.79 Å². The molecule has 1 aromatic rings. The van der Waals surface area contributed by atoms with Gasteiger partial charge in [-0.3, -0.25) is 9.79 Å². The number of piperazine rings is 1. The number of aliphatic imine (C=N–C) groups is 1. The van der Waals surface area contributed by atoms with Crippen molar-refractivity contribution < 1.29 is 9.53 Å². The van der Waals surface area contributed by atoms with Crippen LogP contribution in [0.3, 0.4) is 0 Å². The number of rotatable bonds is 7. The minimum atomic E-state index is -0.526. The number of nitrogens with zero attached hydrogens (tertiary/aromatic N) is 3. The lowest BCUT2D eigenvalue weighted by Gasteiger charge is -2.38. The Labute approximate surface area is 169 Å². The highest BCUT2D eigenvalue weighted by Crippen LogP contribution is 2.21. The lowest BCUT2D eigenvalue weighted by atomic mass is 9.92. The summed E-state index contributed by atoms with van der Waals surface area (Å²) >= 11 is 0. The molecule has 1 fully saturated rings. The molecular weight excluding hydrogens is 354 g/mol. The molecule has 1 aromatic carbocycles. The van der Waals surface area contributed by atoms with Gasteiger partial charge >= 0.3 is 0 Å². The fraction of sp³-hybridized carbons (Fsp3) is 0.619. The van der Waals surface area contributed by atoms with Gasteiger partial charge in [-0.15, -0.1) is 0 Å². The van der Waals surface area contributed by atoms with Crippen molar-refractivity contribution in [3.8, 4) is 5.75 Å². The molecule has 0 unspecified atom stereocenters. The molecule has 0 radical (unpaired) electrons. The first-order chi connectivity index (χ1) is 13.4. The van der Waals surface area contributed by atoms with E-state index in [0.717, 1.165) is 44.4 Å². The van der Waals surface area contributed by atoms with Crippen LogP contribution in [0, 0.1) is 5.41 Å². The van der Waals surface area contributed by atoms with Gasteiger partial charge in [0.2, 0.25) is 5.91 Å². The molecule has 1 saturated heterocycles. The van der Waals surface area contributed by atoms with Crippen molar-refractivity contribution in [1.82, 2.24) is 15.5 Å². The minimum Gasteiger partial charge on any atom is -0.497 e. The number of guanidine groups is 1. The third-order valence-electron chi connectivity index (χ3n) is 4.93. The SMILES string of the molecule is CCNC(=O)C(C)(C)CN=C(NCC)N1CCN(c2ccc(OC)cc2)CC1. The molecule has 0 aromatic heterocycles. The first-order valence-electron chi connectivity index (χ1n) is 10.1. The van der Waals surface area contributed by atoms with E-state index in [4.69, 9.17) is 9.73 Å². The Hall–Kier alpha value is -2.44. The fourth-order valence-electron chi connectivity index (χ4n) is 3.14. The van der Waals surface area contributed by atoms with Gasteiger partial charge in [-0.05, 0) is 52.0 Å². The number of nitrogens with one attached hydrogen (secondary N) is 2. The van der Waals surface area contributed by atoms with Crippen molar-refractivity contribution in [2.45, 2.75) is 27.7 Å². The number of methoxy groups -OCH3 is 1. The summed E-state index contributed by atoms with van der Waals surface area (Å²) in [7, 11) is 1.68. The summed E-state index contributed by atoms with van der Waals surface area (Å²) in [5.41, 5.74) is 0.682. The highest BCUT2D eigenvalue weighted by Gasteiger charge is 2.28. The second kappa shape index (κ2) is 10.2. The predicted molar refractivity (Wildman–Crippen MR) is 115 cm³/mol. The number of carbonyl (C=O) groups excluding carboxylic acids is 1. The van der Waals surface area contributed by atoms with E-state index in [-0.39, 0.29) is 5.91 Å². The number of carbonyl (C=O) groups is 1. The highest BCUT2D eigenvalue weighted by molar-refractivity contribution is 5.84. The first-order valence-corrected chi connectivity index (χ1v) is 10.1. The zero-order chi connectivity index (χ0) is 20.6. The standard InChI is InChI=1S/C21H35N5O2/c1-6-22-19(27)21(3,4)16-24-20(23-7-2)26-14-12-25(13-15-26)17-8-10-18(28-5)11-9-17/h8-11H,6-7,12-16H2,1-5H3,(H,22,27)(H,23,24). The monoisotopic (exact) mass is 389 g/mol. The second-order valence-electron chi connectivity index (χ2n) is 7.59. The first kappa shape index (κ1) is 21.9. The van der Waals surface area contributed by atoms with Crippen LogP contribution in [0.5, 0.6) is 5.75 Å². The summed E-state index contributed by atoms with van der Waals surface area (Å²) in [6.07, 6.45) is 0. The summed E-state index contributed by atoms with van der Waals surface area (Å²) in [4.78, 5) is 21.6. The van der Waals surface area contributed by atoms with Crippen molar-refractivity contribution in [2.24, 2.45) is 10.4 Å². The maximum Gasteiger partial charge on any atom is 0.227 e. The molecule has 7 nitrogen and oxygen atoms in total. The summed E-state index contributed by atoms with van der Waals surface area (Å²) in [5.74, 6) is 1.80. The molecule has 28 heavy (non-hydrogen) atoms. The molecule has 0 aliphatic carbocycles. The summed E-state index contributed by atoms with van der Waals surface area (Å²) < 4.78 is 5.24. The van der Waals surface area contributed by atoms with Crippen LogP contribution >= 0.6 is 0 Å². The van der Waals surface area contributed by atoms with Gasteiger partial charge in [0, 0.05) is 45.0 Å². The normalized spacial score (nSPS) is 15.4. The lowest BCUT2D eigenvalue weighted by molar-refractivity contribution is -0.128. The highest BCUT2D eigenvalue weighted by atomic mass is 16.5. The molecule has 1 heterocycles. The number of benzene rings is 1. The molecule has 1 aliphatic rings. The number of anilines is 1. The smallest absolute Gasteiger partial charge is 0.227 e. The number of hydrogen-bond acceptors (Lipinski definition) is 4. The molecule has 0 saturated carbocycles. The Morgan fingerprint density at radius 3 is 2.21 bits per heavy atom. The quantitative estimate of drug-likeness (QED) is 0.551. The Morgan fingerprint density at radius 2 is 1.68 bits per heavy atom. The largest absolute Gasteiger partial charge is 0.497 e. The van der Waals surface area contributed by atoms with Crippen molar-refractivity contribution in [1.29, 1.82) is 0 Å². The van der Waals surface area contributed by atoms with Gasteiger partial charge < -0.3 is 25.2 Å². The van der Waals surface area contributed by atoms with Crippen molar-refractivity contribution in [3.63, 3.8) is 0 Å². The predicted octanol–water partition coefficient (Wildman–Crippen LogP) is 1.95. The minimum absolute atomic E-state index is 0.0407. The third kappa shape index (κ3) is 5.78. The van der Waals surface area contributed by atoms with Gasteiger partial charge in [0.1, 0.15) is 5.75 Å². The Bertz CT molecular complexity index is 649. The maximum atomic E-state index is 12.2. The molecule has 2 N–H and O–H groups in total. The van der Waals surface area contributed by atoms with Crippen LogP contribution in [0.15, 0.2) is 29.3 Å². The van der Waals surface area contributed by atoms with Crippen molar-refractivity contribution >= 4 is 17.6 Å². The zero-order valence-electron chi connectivity index (χ0n) is 17.9. The van der Waals surface area contributed by atoms with Gasteiger partial charge in [-0.25, -0.2) is 0 Å². The number of hydrogen-bond donors (Lipinski definition) is 2. The Morgan fingerprint density at radius 1 is 1.07 bits per heavy atom. The second-order valence-corrected chi connectivity index (χ2v) is 7.59. The van der Waals surface area contributed by atoms with E-state index in [1.165, 1.54) is 5.69 Å². The summed E-state index contributed by atoms with van der Waals surface area (Å²) in [6.45, 7) is 13.4. The summed E-state index contributed by atoms with van der Waals surface area (Å²) in [6, 6.07) is 8.19. The van der Waals surface area contributed by atoms with Crippen LogP contribution in [0.2, 0.25) is 0 Å². The molecular formula is C21H35N5O2. The van der Waals surface area contributed by atoms with Gasteiger partial charge in [0.15, 0.2) is 5.96 Å². The Kier molecular flexibility index (Phi) is 7.96. The summed E-state index contributed by atoms with van der Waals surface area (Å²) in [5, 5.41) is 6.27. The van der Waals surface area contributed by atoms with E-state index in [0.29, 0.717) is 13.1 Å². The number of amides is 1. The van der Waals surface area contributed by atoms with Gasteiger partial charge in [0.05, 0.1) is 19.1 Å². The molecule has 7 heteroatoms.